The van der Waals surface area contributed by atoms with Crippen LogP contribution in [0.1, 0.15) is 39.4 Å². The van der Waals surface area contributed by atoms with Crippen LogP contribution in [0, 0.1) is 6.04 Å². The Kier molecular flexibility index (Phi) is 6.64. The number of carbonyl (C=O) groups excluding carboxylic acids is 1. The zero-order chi connectivity index (χ0) is 16.2. The molecule has 0 aromatic heterocycles. The Morgan fingerprint density at radius 3 is 2.48 bits per heavy atom. The Morgan fingerprint density at radius 2 is 1.95 bits per heavy atom. The second-order valence-electron chi connectivity index (χ2n) is 5.50. The van der Waals surface area contributed by atoms with E-state index in [1.807, 2.05) is 39.0 Å². The molecule has 1 N–H and O–H groups in total. The predicted molar refractivity (Wildman–Crippen MR) is 76.4 cm³/mol. The molecule has 0 radical (unpaired) electrons. The molecule has 1 aliphatic heterocycles. The summed E-state index contributed by atoms with van der Waals surface area (Å²) in [7, 11) is 4.49. The van der Waals surface area contributed by atoms with Gasteiger partial charge in [0.25, 0.3) is 0 Å². The molecule has 0 spiro atoms. The van der Waals surface area contributed by atoms with E-state index in [1.165, 1.54) is 4.90 Å². The zero-order valence-electron chi connectivity index (χ0n) is 12.2. The minimum absolute atomic E-state index is 0.475. The Bertz CT molecular complexity index is 492. The second-order valence-corrected chi connectivity index (χ2v) is 5.50. The molecule has 7 heteroatoms. The molecular formula is C14H18ClNO4Pd. The number of anilines is 1. The Hall–Kier alpha value is -0.638. The maximum atomic E-state index is 12.2. The first kappa shape index (κ1) is 18.4. The van der Waals surface area contributed by atoms with Crippen LogP contribution in [-0.2, 0) is 27.8 Å². The molecule has 1 aromatic rings. The van der Waals surface area contributed by atoms with Gasteiger partial charge in [-0.3, -0.25) is 10.1 Å². The monoisotopic (exact) mass is 405 g/mol. The van der Waals surface area contributed by atoms with Gasteiger partial charge in [-0.2, -0.15) is 13.0 Å². The molecule has 0 saturated heterocycles. The van der Waals surface area contributed by atoms with Crippen molar-refractivity contribution >= 4 is 21.3 Å². The molecule has 21 heavy (non-hydrogen) atoms. The molecule has 120 valence electrons. The van der Waals surface area contributed by atoms with Crippen LogP contribution in [-0.4, -0.2) is 17.0 Å². The van der Waals surface area contributed by atoms with Gasteiger partial charge in [0.1, 0.15) is 5.60 Å². The van der Waals surface area contributed by atoms with Crippen LogP contribution >= 0.6 is 9.53 Å². The van der Waals surface area contributed by atoms with Gasteiger partial charge >= 0.3 is 33.8 Å². The van der Waals surface area contributed by atoms with Gasteiger partial charge in [-0.15, -0.1) is 0 Å². The molecule has 1 amide bonds. The van der Waals surface area contributed by atoms with E-state index >= 15 is 0 Å². The van der Waals surface area contributed by atoms with Crippen molar-refractivity contribution in [3.8, 4) is 0 Å². The summed E-state index contributed by atoms with van der Waals surface area (Å²) in [4.78, 5) is 18.1. The van der Waals surface area contributed by atoms with Crippen molar-refractivity contribution in [2.24, 2.45) is 0 Å². The van der Waals surface area contributed by atoms with E-state index in [4.69, 9.17) is 9.99 Å². The fraction of sp³-hybridized carbons (Fsp3) is 0.429. The second kappa shape index (κ2) is 7.57. The number of hydrogen-bond donors (Lipinski definition) is 1. The molecule has 1 heterocycles. The van der Waals surface area contributed by atoms with Crippen LogP contribution in [0.5, 0.6) is 0 Å². The molecule has 1 aromatic carbocycles. The number of carbonyl (C=O) groups is 1. The van der Waals surface area contributed by atoms with Crippen LogP contribution in [0.2, 0.25) is 0 Å². The molecule has 5 nitrogen and oxygen atoms in total. The summed E-state index contributed by atoms with van der Waals surface area (Å²) in [5, 5.41) is 9.02. The molecule has 1 aliphatic rings. The van der Waals surface area contributed by atoms with Crippen LogP contribution in [0.15, 0.2) is 24.3 Å². The fourth-order valence-corrected chi connectivity index (χ4v) is 2.13. The normalized spacial score (nSPS) is 17.9. The van der Waals surface area contributed by atoms with E-state index in [0.29, 0.717) is 11.7 Å². The summed E-state index contributed by atoms with van der Waals surface area (Å²) in [6.07, 6.45) is -1.11. The average Bonchev–Trinajstić information content (AvgIpc) is 2.70. The minimum atomic E-state index is -0.635. The third-order valence-electron chi connectivity index (χ3n) is 2.87. The standard InChI is InChI=1S/C14H18NO4.ClH.Pd/c1-9-12(19-17)10-7-5-6-8-11(10)15(9)13(16)18-14(2,3)4;;/h5-8,12,17H,1-4H3;1H;/q-1;;+2/p-1. The Balaban J connectivity index is 0.00000106. The molecule has 2 rings (SSSR count). The SMILES string of the molecule is C[C-]1C(OO)c2ccccc2N1C(=O)OC(C)(C)C.[Cl][Pd+]. The quantitative estimate of drug-likeness (QED) is 0.329. The van der Waals surface area contributed by atoms with Gasteiger partial charge in [-0.25, -0.2) is 4.79 Å². The molecule has 0 saturated carbocycles. The van der Waals surface area contributed by atoms with Gasteiger partial charge in [0, 0.05) is 11.8 Å². The van der Waals surface area contributed by atoms with E-state index in [9.17, 15) is 4.79 Å². The molecule has 0 bridgehead atoms. The van der Waals surface area contributed by atoms with Gasteiger partial charge in [0.15, 0.2) is 0 Å². The van der Waals surface area contributed by atoms with Crippen molar-refractivity contribution in [3.05, 3.63) is 35.9 Å². The first-order valence-electron chi connectivity index (χ1n) is 6.23. The van der Waals surface area contributed by atoms with E-state index in [-0.39, 0.29) is 0 Å². The summed E-state index contributed by atoms with van der Waals surface area (Å²) >= 11 is 2.22. The Labute approximate surface area is 139 Å². The molecule has 0 aliphatic carbocycles. The van der Waals surface area contributed by atoms with Crippen LogP contribution in [0.3, 0.4) is 0 Å². The third kappa shape index (κ3) is 4.18. The van der Waals surface area contributed by atoms with Crippen molar-refractivity contribution in [2.45, 2.75) is 39.4 Å². The number of ether oxygens (including phenoxy) is 1. The molecule has 0 fully saturated rings. The topological polar surface area (TPSA) is 59.0 Å². The van der Waals surface area contributed by atoms with Crippen LogP contribution in [0.25, 0.3) is 0 Å². The molecule has 1 unspecified atom stereocenters. The number of para-hydroxylation sites is 1. The zero-order valence-corrected chi connectivity index (χ0v) is 14.5. The number of amides is 1. The van der Waals surface area contributed by atoms with E-state index in [2.05, 4.69) is 32.6 Å². The first-order valence-corrected chi connectivity index (χ1v) is 8.23. The number of nitrogens with zero attached hydrogens (tertiary/aromatic N) is 1. The summed E-state index contributed by atoms with van der Waals surface area (Å²) in [5.74, 6) is 0. The Morgan fingerprint density at radius 1 is 1.38 bits per heavy atom. The van der Waals surface area contributed by atoms with Crippen molar-refractivity contribution in [2.75, 3.05) is 4.90 Å². The predicted octanol–water partition coefficient (Wildman–Crippen LogP) is 4.21. The van der Waals surface area contributed by atoms with Crippen molar-refractivity contribution in [1.29, 1.82) is 0 Å². The van der Waals surface area contributed by atoms with Gasteiger partial charge in [0.2, 0.25) is 0 Å². The van der Waals surface area contributed by atoms with E-state index in [0.717, 1.165) is 5.56 Å². The third-order valence-corrected chi connectivity index (χ3v) is 2.87. The number of hydrogen-bond acceptors (Lipinski definition) is 4. The first-order chi connectivity index (χ1) is 9.85. The summed E-state index contributed by atoms with van der Waals surface area (Å²) < 4.78 is 5.37. The summed E-state index contributed by atoms with van der Waals surface area (Å²) in [5.41, 5.74) is 0.839. The van der Waals surface area contributed by atoms with Crippen LogP contribution in [0.4, 0.5) is 10.5 Å². The molecule has 1 atom stereocenters. The van der Waals surface area contributed by atoms with E-state index < -0.39 is 17.8 Å². The van der Waals surface area contributed by atoms with Crippen molar-refractivity contribution in [3.63, 3.8) is 0 Å². The average molecular weight is 406 g/mol. The van der Waals surface area contributed by atoms with Gasteiger partial charge in [-0.1, -0.05) is 18.2 Å². The number of rotatable bonds is 1. The van der Waals surface area contributed by atoms with Gasteiger partial charge < -0.3 is 9.64 Å². The number of halogens is 1. The maximum absolute atomic E-state index is 12.2. The van der Waals surface area contributed by atoms with Crippen molar-refractivity contribution < 1.29 is 37.9 Å². The summed E-state index contributed by atoms with van der Waals surface area (Å²) in [6.45, 7) is 7.15. The number of benzene rings is 1. The summed E-state index contributed by atoms with van der Waals surface area (Å²) in [6, 6.07) is 7.84. The van der Waals surface area contributed by atoms with Crippen molar-refractivity contribution in [1.82, 2.24) is 0 Å². The fourth-order valence-electron chi connectivity index (χ4n) is 2.13. The van der Waals surface area contributed by atoms with Crippen LogP contribution < -0.4 is 4.90 Å². The number of fused-ring (bicyclic) bond motifs is 1. The van der Waals surface area contributed by atoms with E-state index in [1.54, 1.807) is 13.0 Å². The van der Waals surface area contributed by atoms with Gasteiger partial charge in [0.05, 0.1) is 0 Å². The molecular weight excluding hydrogens is 388 g/mol. The van der Waals surface area contributed by atoms with Gasteiger partial charge in [-0.05, 0) is 32.4 Å².